The van der Waals surface area contributed by atoms with Crippen LogP contribution in [0.4, 0.5) is 19.0 Å². The van der Waals surface area contributed by atoms with Crippen molar-refractivity contribution in [3.8, 4) is 0 Å². The molecule has 1 fully saturated rings. The van der Waals surface area contributed by atoms with Crippen LogP contribution >= 0.6 is 0 Å². The Bertz CT molecular complexity index is 812. The van der Waals surface area contributed by atoms with Crippen molar-refractivity contribution in [2.45, 2.75) is 45.7 Å². The quantitative estimate of drug-likeness (QED) is 0.814. The second-order valence-corrected chi connectivity index (χ2v) is 6.49. The monoisotopic (exact) mass is 371 g/mol. The number of carbonyl (C=O) groups excluding carboxylic acids is 1. The number of alkyl halides is 3. The van der Waals surface area contributed by atoms with Crippen LogP contribution in [0.15, 0.2) is 6.07 Å². The van der Waals surface area contributed by atoms with Gasteiger partial charge in [-0.25, -0.2) is 4.98 Å². The Balaban J connectivity index is 1.90. The first kappa shape index (κ1) is 18.4. The highest BCUT2D eigenvalue weighted by Crippen LogP contribution is 2.39. The molecule has 0 aliphatic heterocycles. The van der Waals surface area contributed by atoms with Crippen LogP contribution < -0.4 is 5.32 Å². The van der Waals surface area contributed by atoms with E-state index in [1.807, 2.05) is 0 Å². The van der Waals surface area contributed by atoms with Crippen LogP contribution in [-0.2, 0) is 15.7 Å². The Kier molecular flexibility index (Phi) is 4.76. The van der Waals surface area contributed by atoms with Gasteiger partial charge in [0.2, 0.25) is 0 Å². The van der Waals surface area contributed by atoms with Gasteiger partial charge in [0.1, 0.15) is 5.82 Å². The number of anilines is 1. The first-order chi connectivity index (χ1) is 12.2. The molecule has 0 saturated heterocycles. The van der Waals surface area contributed by atoms with E-state index in [0.717, 1.165) is 17.4 Å². The number of aromatic nitrogens is 4. The van der Waals surface area contributed by atoms with Crippen molar-refractivity contribution in [2.24, 2.45) is 5.41 Å². The molecule has 7 nitrogen and oxygen atoms in total. The Morgan fingerprint density at radius 3 is 2.65 bits per heavy atom. The van der Waals surface area contributed by atoms with Crippen LogP contribution in [0.1, 0.15) is 44.1 Å². The molecular weight excluding hydrogens is 351 g/mol. The van der Waals surface area contributed by atoms with E-state index in [9.17, 15) is 18.0 Å². The summed E-state index contributed by atoms with van der Waals surface area (Å²) in [5.74, 6) is -1.36. The maximum Gasteiger partial charge on any atom is 0.453 e. The molecule has 142 valence electrons. The van der Waals surface area contributed by atoms with E-state index in [0.29, 0.717) is 24.4 Å². The van der Waals surface area contributed by atoms with Gasteiger partial charge in [0, 0.05) is 18.3 Å². The van der Waals surface area contributed by atoms with Crippen LogP contribution in [0.2, 0.25) is 0 Å². The summed E-state index contributed by atoms with van der Waals surface area (Å²) in [5.41, 5.74) is -0.176. The highest BCUT2D eigenvalue weighted by atomic mass is 19.4. The van der Waals surface area contributed by atoms with Crippen molar-refractivity contribution in [3.05, 3.63) is 17.6 Å². The third kappa shape index (κ3) is 3.45. The highest BCUT2D eigenvalue weighted by molar-refractivity contribution is 5.78. The molecule has 3 rings (SSSR count). The normalized spacial score (nSPS) is 16.8. The number of ether oxygens (including phenoxy) is 1. The number of halogens is 3. The Morgan fingerprint density at radius 1 is 1.35 bits per heavy atom. The molecule has 10 heteroatoms. The number of fused-ring (bicyclic) bond motifs is 1. The number of carbonyl (C=O) groups is 1. The molecule has 0 unspecified atom stereocenters. The van der Waals surface area contributed by atoms with Gasteiger partial charge in [-0.3, -0.25) is 4.79 Å². The molecule has 1 aliphatic carbocycles. The van der Waals surface area contributed by atoms with Gasteiger partial charge >= 0.3 is 12.1 Å². The second-order valence-electron chi connectivity index (χ2n) is 6.49. The van der Waals surface area contributed by atoms with Crippen LogP contribution in [0.5, 0.6) is 0 Å². The minimum atomic E-state index is -4.66. The minimum absolute atomic E-state index is 0.142. The standard InChI is InChI=1S/C16H20F3N5O2/c1-3-26-13(25)15(6-4-5-7-15)9-20-11-8-10(2)21-14-22-12(16(17,18)19)23-24(11)14/h8,20H,3-7,9H2,1-2H3. The topological polar surface area (TPSA) is 81.4 Å². The fourth-order valence-corrected chi connectivity index (χ4v) is 3.28. The SMILES string of the molecule is CCOC(=O)C1(CNc2cc(C)nc3nc(C(F)(F)F)nn23)CCCC1. The zero-order valence-electron chi connectivity index (χ0n) is 14.6. The molecule has 0 aromatic carbocycles. The van der Waals surface area contributed by atoms with Crippen molar-refractivity contribution in [1.29, 1.82) is 0 Å². The van der Waals surface area contributed by atoms with Gasteiger partial charge in [0.05, 0.1) is 12.0 Å². The zero-order chi connectivity index (χ0) is 18.9. The van der Waals surface area contributed by atoms with E-state index in [4.69, 9.17) is 4.74 Å². The summed E-state index contributed by atoms with van der Waals surface area (Å²) in [7, 11) is 0. The van der Waals surface area contributed by atoms with Gasteiger partial charge in [0.15, 0.2) is 0 Å². The van der Waals surface area contributed by atoms with Crippen LogP contribution in [-0.4, -0.2) is 38.7 Å². The van der Waals surface area contributed by atoms with Gasteiger partial charge < -0.3 is 10.1 Å². The van der Waals surface area contributed by atoms with Gasteiger partial charge in [0.25, 0.3) is 11.6 Å². The lowest BCUT2D eigenvalue weighted by molar-refractivity contribution is -0.154. The van der Waals surface area contributed by atoms with Crippen molar-refractivity contribution in [3.63, 3.8) is 0 Å². The summed E-state index contributed by atoms with van der Waals surface area (Å²) in [6.45, 7) is 3.95. The maximum atomic E-state index is 12.9. The number of hydrogen-bond acceptors (Lipinski definition) is 6. The highest BCUT2D eigenvalue weighted by Gasteiger charge is 2.42. The van der Waals surface area contributed by atoms with E-state index >= 15 is 0 Å². The van der Waals surface area contributed by atoms with Crippen molar-refractivity contribution in [2.75, 3.05) is 18.5 Å². The first-order valence-corrected chi connectivity index (χ1v) is 8.48. The average molecular weight is 371 g/mol. The number of rotatable bonds is 5. The molecule has 0 radical (unpaired) electrons. The summed E-state index contributed by atoms with van der Waals surface area (Å²) < 4.78 is 44.9. The lowest BCUT2D eigenvalue weighted by Crippen LogP contribution is -2.37. The molecule has 26 heavy (non-hydrogen) atoms. The first-order valence-electron chi connectivity index (χ1n) is 8.48. The van der Waals surface area contributed by atoms with Gasteiger partial charge in [-0.05, 0) is 26.7 Å². The maximum absolute atomic E-state index is 12.9. The predicted octanol–water partition coefficient (Wildman–Crippen LogP) is 2.99. The van der Waals surface area contributed by atoms with E-state index in [1.165, 1.54) is 0 Å². The van der Waals surface area contributed by atoms with Crippen molar-refractivity contribution >= 4 is 17.6 Å². The van der Waals surface area contributed by atoms with E-state index in [1.54, 1.807) is 19.9 Å². The molecule has 0 atom stereocenters. The van der Waals surface area contributed by atoms with E-state index in [-0.39, 0.29) is 24.9 Å². The smallest absolute Gasteiger partial charge is 0.453 e. The minimum Gasteiger partial charge on any atom is -0.466 e. The van der Waals surface area contributed by atoms with Gasteiger partial charge in [-0.15, -0.1) is 5.10 Å². The Hall–Kier alpha value is -2.39. The predicted molar refractivity (Wildman–Crippen MR) is 86.5 cm³/mol. The molecule has 1 aliphatic rings. The van der Waals surface area contributed by atoms with Crippen LogP contribution in [0, 0.1) is 12.3 Å². The fraction of sp³-hybridized carbons (Fsp3) is 0.625. The number of aryl methyl sites for hydroxylation is 1. The molecular formula is C16H20F3N5O2. The summed E-state index contributed by atoms with van der Waals surface area (Å²) in [6.07, 6.45) is -1.48. The molecule has 0 amide bonds. The number of esters is 1. The lowest BCUT2D eigenvalue weighted by atomic mass is 9.86. The molecule has 0 spiro atoms. The molecule has 2 aromatic heterocycles. The summed E-state index contributed by atoms with van der Waals surface area (Å²) >= 11 is 0. The van der Waals surface area contributed by atoms with Crippen molar-refractivity contribution < 1.29 is 22.7 Å². The largest absolute Gasteiger partial charge is 0.466 e. The third-order valence-corrected chi connectivity index (χ3v) is 4.57. The van der Waals surface area contributed by atoms with E-state index < -0.39 is 17.4 Å². The van der Waals surface area contributed by atoms with Gasteiger partial charge in [-0.1, -0.05) is 12.8 Å². The number of nitrogens with zero attached hydrogens (tertiary/aromatic N) is 4. The van der Waals surface area contributed by atoms with Crippen molar-refractivity contribution in [1.82, 2.24) is 19.6 Å². The molecule has 1 N–H and O–H groups in total. The fourth-order valence-electron chi connectivity index (χ4n) is 3.28. The molecule has 0 bridgehead atoms. The van der Waals surface area contributed by atoms with Gasteiger partial charge in [-0.2, -0.15) is 22.7 Å². The average Bonchev–Trinajstić information content (AvgIpc) is 3.20. The molecule has 1 saturated carbocycles. The molecule has 2 heterocycles. The second kappa shape index (κ2) is 6.73. The number of hydrogen-bond donors (Lipinski definition) is 1. The van der Waals surface area contributed by atoms with Crippen LogP contribution in [0.25, 0.3) is 5.78 Å². The van der Waals surface area contributed by atoms with E-state index in [2.05, 4.69) is 20.4 Å². The third-order valence-electron chi connectivity index (χ3n) is 4.57. The van der Waals surface area contributed by atoms with Crippen LogP contribution in [0.3, 0.4) is 0 Å². The lowest BCUT2D eigenvalue weighted by Gasteiger charge is -2.27. The zero-order valence-corrected chi connectivity index (χ0v) is 14.6. The summed E-state index contributed by atoms with van der Waals surface area (Å²) in [4.78, 5) is 19.8. The Morgan fingerprint density at radius 2 is 2.04 bits per heavy atom. The summed E-state index contributed by atoms with van der Waals surface area (Å²) in [6, 6.07) is 1.58. The molecule has 2 aromatic rings. The number of nitrogens with one attached hydrogen (secondary N) is 1. The Labute approximate surface area is 148 Å². The summed E-state index contributed by atoms with van der Waals surface area (Å²) in [5, 5.41) is 6.58.